The van der Waals surface area contributed by atoms with E-state index in [2.05, 4.69) is 34.6 Å². The largest absolute Gasteiger partial charge is 0.393 e. The normalized spacial score (nSPS) is 48.2. The van der Waals surface area contributed by atoms with Crippen molar-refractivity contribution >= 4 is 5.78 Å². The lowest BCUT2D eigenvalue weighted by molar-refractivity contribution is -0.146. The van der Waals surface area contributed by atoms with Crippen LogP contribution >= 0.6 is 0 Å². The second-order valence-corrected chi connectivity index (χ2v) is 12.6. The summed E-state index contributed by atoms with van der Waals surface area (Å²) >= 11 is 0. The third-order valence-corrected chi connectivity index (χ3v) is 10.6. The highest BCUT2D eigenvalue weighted by Gasteiger charge is 2.63. The fourth-order valence-electron chi connectivity index (χ4n) is 8.97. The van der Waals surface area contributed by atoms with Gasteiger partial charge in [-0.3, -0.25) is 4.79 Å². The van der Waals surface area contributed by atoms with Crippen LogP contribution in [0.2, 0.25) is 0 Å². The van der Waals surface area contributed by atoms with Crippen molar-refractivity contribution in [3.05, 3.63) is 0 Å². The molecule has 29 heavy (non-hydrogen) atoms. The van der Waals surface area contributed by atoms with Crippen LogP contribution in [0.1, 0.15) is 105 Å². The van der Waals surface area contributed by atoms with Gasteiger partial charge in [-0.1, -0.05) is 53.9 Å². The number of Topliss-reactive ketones (excluding diaryl/α,β-unsaturated/α-hetero) is 1. The molecule has 0 spiro atoms. The Kier molecular flexibility index (Phi) is 5.99. The molecule has 2 nitrogen and oxygen atoms in total. The van der Waals surface area contributed by atoms with Crippen molar-refractivity contribution in [3.8, 4) is 0 Å². The maximum Gasteiger partial charge on any atom is 0.137 e. The van der Waals surface area contributed by atoms with Gasteiger partial charge in [0.2, 0.25) is 0 Å². The van der Waals surface area contributed by atoms with E-state index < -0.39 is 0 Å². The van der Waals surface area contributed by atoms with Crippen LogP contribution in [0.25, 0.3) is 0 Å². The summed E-state index contributed by atoms with van der Waals surface area (Å²) in [7, 11) is 0. The van der Waals surface area contributed by atoms with Gasteiger partial charge in [0.1, 0.15) is 5.78 Å². The number of fused-ring (bicyclic) bond motifs is 5. The van der Waals surface area contributed by atoms with Crippen molar-refractivity contribution in [1.82, 2.24) is 0 Å². The maximum atomic E-state index is 13.4. The molecule has 0 aliphatic heterocycles. The van der Waals surface area contributed by atoms with E-state index in [0.29, 0.717) is 46.7 Å². The van der Waals surface area contributed by atoms with Crippen molar-refractivity contribution in [1.29, 1.82) is 0 Å². The first kappa shape index (κ1) is 21.8. The predicted molar refractivity (Wildman–Crippen MR) is 119 cm³/mol. The van der Waals surface area contributed by atoms with Crippen molar-refractivity contribution in [2.75, 3.05) is 0 Å². The fourth-order valence-corrected chi connectivity index (χ4v) is 8.97. The maximum absolute atomic E-state index is 13.4. The molecule has 9 atom stereocenters. The van der Waals surface area contributed by atoms with E-state index in [0.717, 1.165) is 25.2 Å². The standard InChI is InChI=1S/C27H46O2/c1-17(2)7-6-8-18(3)23-16-24(29)25-21-10-9-19-15-20(28)11-13-26(19,4)22(21)12-14-27(23,25)5/h17-23,25,28H,6-16H2,1-5H3/t18-,19?,20?,21-,22+,23-,25-,26+,27-/m1/s1. The zero-order chi connectivity index (χ0) is 21.0. The summed E-state index contributed by atoms with van der Waals surface area (Å²) < 4.78 is 0. The summed E-state index contributed by atoms with van der Waals surface area (Å²) in [6.07, 6.45) is 12.9. The highest BCUT2D eigenvalue weighted by Crippen LogP contribution is 2.67. The zero-order valence-electron chi connectivity index (χ0n) is 19.8. The van der Waals surface area contributed by atoms with Gasteiger partial charge in [0.25, 0.3) is 0 Å². The number of hydrogen-bond acceptors (Lipinski definition) is 2. The Morgan fingerprint density at radius 1 is 1.00 bits per heavy atom. The Balaban J connectivity index is 1.51. The van der Waals surface area contributed by atoms with Gasteiger partial charge in [-0.25, -0.2) is 0 Å². The SMILES string of the molecule is CC(C)CCC[C@@H](C)[C@H]1CC(=O)[C@H]2[C@@H]3CCC4CC(O)CC[C@]4(C)[C@H]3CC[C@]12C. The highest BCUT2D eigenvalue weighted by atomic mass is 16.3. The number of rotatable bonds is 5. The van der Waals surface area contributed by atoms with E-state index in [-0.39, 0.29) is 11.5 Å². The van der Waals surface area contributed by atoms with Crippen LogP contribution in [-0.2, 0) is 4.79 Å². The van der Waals surface area contributed by atoms with Crippen LogP contribution in [0.15, 0.2) is 0 Å². The van der Waals surface area contributed by atoms with E-state index in [9.17, 15) is 9.90 Å². The third-order valence-electron chi connectivity index (χ3n) is 10.6. The second kappa shape index (κ2) is 7.95. The van der Waals surface area contributed by atoms with E-state index in [4.69, 9.17) is 0 Å². The molecule has 0 heterocycles. The summed E-state index contributed by atoms with van der Waals surface area (Å²) in [5.74, 6) is 5.02. The van der Waals surface area contributed by atoms with Gasteiger partial charge in [-0.2, -0.15) is 0 Å². The Bertz CT molecular complexity index is 612. The van der Waals surface area contributed by atoms with Crippen LogP contribution in [0.4, 0.5) is 0 Å². The van der Waals surface area contributed by atoms with E-state index in [1.807, 2.05) is 0 Å². The molecular weight excluding hydrogens is 356 g/mol. The predicted octanol–water partition coefficient (Wildman–Crippen LogP) is 6.65. The molecule has 2 unspecified atom stereocenters. The molecule has 0 aromatic rings. The molecule has 4 aliphatic rings. The van der Waals surface area contributed by atoms with Gasteiger partial charge < -0.3 is 5.11 Å². The van der Waals surface area contributed by atoms with Crippen LogP contribution < -0.4 is 0 Å². The summed E-state index contributed by atoms with van der Waals surface area (Å²) in [6.45, 7) is 12.1. The highest BCUT2D eigenvalue weighted by molar-refractivity contribution is 5.85. The van der Waals surface area contributed by atoms with Crippen LogP contribution in [-0.4, -0.2) is 17.0 Å². The number of aliphatic hydroxyl groups excluding tert-OH is 1. The van der Waals surface area contributed by atoms with Crippen LogP contribution in [0, 0.1) is 52.3 Å². The molecule has 0 bridgehead atoms. The third kappa shape index (κ3) is 3.64. The lowest BCUT2D eigenvalue weighted by Gasteiger charge is -2.60. The molecule has 4 aliphatic carbocycles. The summed E-state index contributed by atoms with van der Waals surface area (Å²) in [6, 6.07) is 0. The second-order valence-electron chi connectivity index (χ2n) is 12.6. The number of carbonyl (C=O) groups is 1. The number of ketones is 1. The van der Waals surface area contributed by atoms with Crippen molar-refractivity contribution < 1.29 is 9.90 Å². The Hall–Kier alpha value is -0.370. The lowest BCUT2D eigenvalue weighted by Crippen LogP contribution is -2.55. The summed E-state index contributed by atoms with van der Waals surface area (Å²) in [4.78, 5) is 13.4. The monoisotopic (exact) mass is 402 g/mol. The molecule has 4 rings (SSSR count). The van der Waals surface area contributed by atoms with E-state index in [1.54, 1.807) is 0 Å². The number of hydrogen-bond donors (Lipinski definition) is 1. The molecule has 1 N–H and O–H groups in total. The van der Waals surface area contributed by atoms with Gasteiger partial charge >= 0.3 is 0 Å². The average molecular weight is 403 g/mol. The Morgan fingerprint density at radius 3 is 2.45 bits per heavy atom. The van der Waals surface area contributed by atoms with E-state index in [1.165, 1.54) is 51.4 Å². The molecule has 166 valence electrons. The minimum Gasteiger partial charge on any atom is -0.393 e. The molecule has 0 saturated heterocycles. The summed E-state index contributed by atoms with van der Waals surface area (Å²) in [5, 5.41) is 10.2. The minimum atomic E-state index is -0.0809. The van der Waals surface area contributed by atoms with Gasteiger partial charge in [0.05, 0.1) is 6.10 Å². The molecular formula is C27H46O2. The molecule has 2 heteroatoms. The van der Waals surface area contributed by atoms with E-state index >= 15 is 0 Å². The first-order valence-electron chi connectivity index (χ1n) is 12.9. The zero-order valence-corrected chi connectivity index (χ0v) is 19.8. The smallest absolute Gasteiger partial charge is 0.137 e. The van der Waals surface area contributed by atoms with Crippen molar-refractivity contribution in [2.24, 2.45) is 52.3 Å². The Labute approximate surface area is 179 Å². The molecule has 0 amide bonds. The van der Waals surface area contributed by atoms with Crippen molar-refractivity contribution in [2.45, 2.75) is 111 Å². The molecule has 0 radical (unpaired) electrons. The molecule has 4 fully saturated rings. The van der Waals surface area contributed by atoms with Gasteiger partial charge in [0.15, 0.2) is 0 Å². The Morgan fingerprint density at radius 2 is 1.72 bits per heavy atom. The molecule has 0 aromatic heterocycles. The quantitative estimate of drug-likeness (QED) is 0.559. The van der Waals surface area contributed by atoms with Crippen molar-refractivity contribution in [3.63, 3.8) is 0 Å². The first-order valence-corrected chi connectivity index (χ1v) is 12.9. The van der Waals surface area contributed by atoms with Gasteiger partial charge in [0, 0.05) is 12.3 Å². The summed E-state index contributed by atoms with van der Waals surface area (Å²) in [5.41, 5.74) is 0.609. The fraction of sp³-hybridized carbons (Fsp3) is 0.963. The first-order chi connectivity index (χ1) is 13.7. The van der Waals surface area contributed by atoms with Gasteiger partial charge in [-0.15, -0.1) is 0 Å². The molecule has 4 saturated carbocycles. The topological polar surface area (TPSA) is 37.3 Å². The number of carbonyl (C=O) groups excluding carboxylic acids is 1. The van der Waals surface area contributed by atoms with Crippen LogP contribution in [0.3, 0.4) is 0 Å². The number of aliphatic hydroxyl groups is 1. The van der Waals surface area contributed by atoms with Gasteiger partial charge in [-0.05, 0) is 91.3 Å². The lowest BCUT2D eigenvalue weighted by atomic mass is 9.44. The minimum absolute atomic E-state index is 0.0809. The van der Waals surface area contributed by atoms with Crippen LogP contribution in [0.5, 0.6) is 0 Å². The molecule has 0 aromatic carbocycles. The average Bonchev–Trinajstić information content (AvgIpc) is 2.93.